The van der Waals surface area contributed by atoms with Gasteiger partial charge in [0.1, 0.15) is 22.9 Å². The summed E-state index contributed by atoms with van der Waals surface area (Å²) < 4.78 is 5.24. The van der Waals surface area contributed by atoms with Gasteiger partial charge in [0.2, 0.25) is 5.91 Å². The van der Waals surface area contributed by atoms with Gasteiger partial charge in [0, 0.05) is 30.1 Å². The van der Waals surface area contributed by atoms with Gasteiger partial charge in [-0.15, -0.1) is 0 Å². The molecule has 0 radical (unpaired) electrons. The molecule has 1 heterocycles. The first-order valence-electron chi connectivity index (χ1n) is 8.37. The van der Waals surface area contributed by atoms with Gasteiger partial charge >= 0.3 is 0 Å². The molecule has 2 aromatic carbocycles. The fraction of sp³-hybridized carbons (Fsp3) is 0.150. The molecule has 0 atom stereocenters. The highest BCUT2D eigenvalue weighted by Crippen LogP contribution is 2.28. The molecule has 0 saturated carbocycles. The summed E-state index contributed by atoms with van der Waals surface area (Å²) in [7, 11) is 1.66. The quantitative estimate of drug-likeness (QED) is 0.598. The first kappa shape index (κ1) is 18.7. The molecule has 7 heteroatoms. The van der Waals surface area contributed by atoms with Gasteiger partial charge in [0.25, 0.3) is 0 Å². The number of rotatable bonds is 7. The van der Waals surface area contributed by atoms with Crippen molar-refractivity contribution in [2.75, 3.05) is 17.7 Å². The molecule has 0 bridgehead atoms. The summed E-state index contributed by atoms with van der Waals surface area (Å²) in [6.45, 7) is 2.13. The number of ether oxygens (including phenoxy) is 1. The lowest BCUT2D eigenvalue weighted by Crippen LogP contribution is -2.05. The Morgan fingerprint density at radius 2 is 1.93 bits per heavy atom. The van der Waals surface area contributed by atoms with Gasteiger partial charge in [-0.1, -0.05) is 23.9 Å². The number of benzene rings is 2. The molecule has 1 amide bonds. The van der Waals surface area contributed by atoms with Crippen LogP contribution in [0.25, 0.3) is 0 Å². The average Bonchev–Trinajstić information content (AvgIpc) is 2.68. The Bertz CT molecular complexity index is 916. The highest BCUT2D eigenvalue weighted by atomic mass is 32.2. The molecule has 0 aliphatic heterocycles. The highest BCUT2D eigenvalue weighted by Gasteiger charge is 2.03. The highest BCUT2D eigenvalue weighted by molar-refractivity contribution is 7.99. The monoisotopic (exact) mass is 380 g/mol. The van der Waals surface area contributed by atoms with E-state index in [0.29, 0.717) is 6.54 Å². The van der Waals surface area contributed by atoms with E-state index in [0.717, 1.165) is 32.7 Å². The number of carbonyl (C=O) groups is 1. The van der Waals surface area contributed by atoms with Crippen molar-refractivity contribution in [2.24, 2.45) is 0 Å². The Hall–Kier alpha value is -3.06. The Kier molecular flexibility index (Phi) is 6.27. The molecular weight excluding hydrogens is 360 g/mol. The van der Waals surface area contributed by atoms with Crippen LogP contribution in [0.2, 0.25) is 0 Å². The summed E-state index contributed by atoms with van der Waals surface area (Å²) in [4.78, 5) is 20.7. The maximum atomic E-state index is 11.1. The number of hydrogen-bond acceptors (Lipinski definition) is 6. The summed E-state index contributed by atoms with van der Waals surface area (Å²) >= 11 is 1.53. The number of nitrogens with zero attached hydrogens (tertiary/aromatic N) is 2. The molecule has 3 rings (SSSR count). The van der Waals surface area contributed by atoms with E-state index in [1.807, 2.05) is 54.6 Å². The largest absolute Gasteiger partial charge is 0.497 e. The first-order chi connectivity index (χ1) is 13.1. The lowest BCUT2D eigenvalue weighted by atomic mass is 10.2. The number of carbonyl (C=O) groups excluding carboxylic acids is 1. The van der Waals surface area contributed by atoms with Crippen LogP contribution in [0.3, 0.4) is 0 Å². The summed E-state index contributed by atoms with van der Waals surface area (Å²) in [5.74, 6) is 1.50. The zero-order valence-electron chi connectivity index (χ0n) is 15.1. The zero-order chi connectivity index (χ0) is 19.1. The predicted molar refractivity (Wildman–Crippen MR) is 107 cm³/mol. The third-order valence-corrected chi connectivity index (χ3v) is 4.59. The molecular formula is C20H20N4O2S. The Labute approximate surface area is 162 Å². The lowest BCUT2D eigenvalue weighted by Gasteiger charge is -2.08. The minimum Gasteiger partial charge on any atom is -0.497 e. The van der Waals surface area contributed by atoms with E-state index in [1.54, 1.807) is 13.4 Å². The fourth-order valence-corrected chi connectivity index (χ4v) is 3.18. The Balaban J connectivity index is 1.62. The van der Waals surface area contributed by atoms with Gasteiger partial charge in [-0.2, -0.15) is 0 Å². The summed E-state index contributed by atoms with van der Waals surface area (Å²) in [6, 6.07) is 17.4. The fourth-order valence-electron chi connectivity index (χ4n) is 2.40. The summed E-state index contributed by atoms with van der Waals surface area (Å²) in [5.41, 5.74) is 1.88. The molecule has 0 unspecified atom stereocenters. The number of aromatic nitrogens is 2. The van der Waals surface area contributed by atoms with Crippen LogP contribution < -0.4 is 15.4 Å². The van der Waals surface area contributed by atoms with Gasteiger partial charge in [-0.25, -0.2) is 9.97 Å². The van der Waals surface area contributed by atoms with Gasteiger partial charge < -0.3 is 15.4 Å². The van der Waals surface area contributed by atoms with Crippen molar-refractivity contribution >= 4 is 29.2 Å². The van der Waals surface area contributed by atoms with E-state index < -0.39 is 0 Å². The van der Waals surface area contributed by atoms with Gasteiger partial charge in [-0.3, -0.25) is 4.79 Å². The van der Waals surface area contributed by atoms with Crippen molar-refractivity contribution < 1.29 is 9.53 Å². The SMILES string of the molecule is COc1cccc(CNc2cc(Sc3ccc(NC(C)=O)cc3)ncn2)c1. The maximum absolute atomic E-state index is 11.1. The number of amides is 1. The van der Waals surface area contributed by atoms with E-state index in [-0.39, 0.29) is 5.91 Å². The lowest BCUT2D eigenvalue weighted by molar-refractivity contribution is -0.114. The molecule has 0 spiro atoms. The number of hydrogen-bond donors (Lipinski definition) is 2. The van der Waals surface area contributed by atoms with Crippen molar-refractivity contribution in [3.63, 3.8) is 0 Å². The predicted octanol–water partition coefficient (Wildman–Crippen LogP) is 4.21. The van der Waals surface area contributed by atoms with Crippen molar-refractivity contribution in [1.29, 1.82) is 0 Å². The third-order valence-electron chi connectivity index (χ3n) is 3.65. The van der Waals surface area contributed by atoms with Crippen LogP contribution in [0.5, 0.6) is 5.75 Å². The van der Waals surface area contributed by atoms with E-state index in [9.17, 15) is 4.79 Å². The van der Waals surface area contributed by atoms with E-state index in [1.165, 1.54) is 18.7 Å². The van der Waals surface area contributed by atoms with Crippen LogP contribution >= 0.6 is 11.8 Å². The van der Waals surface area contributed by atoms with Crippen LogP contribution in [-0.2, 0) is 11.3 Å². The summed E-state index contributed by atoms with van der Waals surface area (Å²) in [6.07, 6.45) is 1.54. The smallest absolute Gasteiger partial charge is 0.221 e. The van der Waals surface area contributed by atoms with E-state index in [4.69, 9.17) is 4.74 Å². The average molecular weight is 380 g/mol. The van der Waals surface area contributed by atoms with Crippen molar-refractivity contribution in [1.82, 2.24) is 9.97 Å². The molecule has 27 heavy (non-hydrogen) atoms. The second-order valence-electron chi connectivity index (χ2n) is 5.75. The molecule has 0 aliphatic rings. The molecule has 0 saturated heterocycles. The molecule has 138 valence electrons. The minimum absolute atomic E-state index is 0.0852. The molecule has 2 N–H and O–H groups in total. The number of methoxy groups -OCH3 is 1. The van der Waals surface area contributed by atoms with Crippen molar-refractivity contribution in [3.05, 3.63) is 66.5 Å². The number of nitrogens with one attached hydrogen (secondary N) is 2. The van der Waals surface area contributed by atoms with Crippen LogP contribution in [-0.4, -0.2) is 23.0 Å². The molecule has 0 aliphatic carbocycles. The maximum Gasteiger partial charge on any atom is 0.221 e. The molecule has 1 aromatic heterocycles. The Morgan fingerprint density at radius 3 is 2.67 bits per heavy atom. The second kappa shape index (κ2) is 9.05. The second-order valence-corrected chi connectivity index (χ2v) is 6.85. The van der Waals surface area contributed by atoms with Gasteiger partial charge in [0.05, 0.1) is 7.11 Å². The topological polar surface area (TPSA) is 76.1 Å². The zero-order valence-corrected chi connectivity index (χ0v) is 15.9. The van der Waals surface area contributed by atoms with Crippen LogP contribution in [0, 0.1) is 0 Å². The third kappa shape index (κ3) is 5.72. The Morgan fingerprint density at radius 1 is 1.11 bits per heavy atom. The van der Waals surface area contributed by atoms with Crippen molar-refractivity contribution in [2.45, 2.75) is 23.4 Å². The minimum atomic E-state index is -0.0852. The first-order valence-corrected chi connectivity index (χ1v) is 9.18. The van der Waals surface area contributed by atoms with Crippen LogP contribution in [0.1, 0.15) is 12.5 Å². The van der Waals surface area contributed by atoms with Crippen molar-refractivity contribution in [3.8, 4) is 5.75 Å². The van der Waals surface area contributed by atoms with Gasteiger partial charge in [0.15, 0.2) is 0 Å². The van der Waals surface area contributed by atoms with E-state index >= 15 is 0 Å². The normalized spacial score (nSPS) is 10.3. The standard InChI is InChI=1S/C20H20N4O2S/c1-14(25)24-16-6-8-18(9-7-16)27-20-11-19(22-13-23-20)21-12-15-4-3-5-17(10-15)26-2/h3-11,13H,12H2,1-2H3,(H,24,25)(H,21,22,23). The van der Waals surface area contributed by atoms with E-state index in [2.05, 4.69) is 20.6 Å². The number of anilines is 2. The molecule has 0 fully saturated rings. The summed E-state index contributed by atoms with van der Waals surface area (Å²) in [5, 5.41) is 6.89. The van der Waals surface area contributed by atoms with Crippen LogP contribution in [0.4, 0.5) is 11.5 Å². The van der Waals surface area contributed by atoms with Crippen LogP contribution in [0.15, 0.2) is 70.8 Å². The van der Waals surface area contributed by atoms with Gasteiger partial charge in [-0.05, 0) is 42.0 Å². The molecule has 6 nitrogen and oxygen atoms in total. The molecule has 3 aromatic rings.